The molecule has 1 aliphatic carbocycles. The monoisotopic (exact) mass is 437 g/mol. The second-order valence-corrected chi connectivity index (χ2v) is 8.94. The van der Waals surface area contributed by atoms with Crippen molar-refractivity contribution in [2.45, 2.75) is 56.9 Å². The molecule has 3 aliphatic rings. The Kier molecular flexibility index (Phi) is 5.89. The fraction of sp³-hybridized carbons (Fsp3) is 0.458. The van der Waals surface area contributed by atoms with E-state index in [1.807, 2.05) is 23.1 Å². The highest BCUT2D eigenvalue weighted by Gasteiger charge is 2.51. The van der Waals surface area contributed by atoms with Crippen molar-refractivity contribution in [1.82, 2.24) is 25.6 Å². The zero-order valence-corrected chi connectivity index (χ0v) is 17.9. The molecule has 5 rings (SSSR count). The normalized spacial score (nSPS) is 27.7. The summed E-state index contributed by atoms with van der Waals surface area (Å²) in [6, 6.07) is 10.1. The minimum absolute atomic E-state index is 0.0157. The summed E-state index contributed by atoms with van der Waals surface area (Å²) in [4.78, 5) is 32.3. The number of nitrogens with zero attached hydrogens (tertiary/aromatic N) is 3. The molecule has 7 nitrogen and oxygen atoms in total. The largest absolute Gasteiger partial charge is 0.352 e. The summed E-state index contributed by atoms with van der Waals surface area (Å²) in [7, 11) is 0. The fourth-order valence-electron chi connectivity index (χ4n) is 5.42. The second-order valence-electron chi connectivity index (χ2n) is 8.94. The average molecular weight is 438 g/mol. The summed E-state index contributed by atoms with van der Waals surface area (Å²) in [5.74, 6) is -0.377. The van der Waals surface area contributed by atoms with Crippen molar-refractivity contribution >= 4 is 11.8 Å². The van der Waals surface area contributed by atoms with Gasteiger partial charge in [-0.1, -0.05) is 18.2 Å². The van der Waals surface area contributed by atoms with E-state index in [0.29, 0.717) is 19.5 Å². The van der Waals surface area contributed by atoms with Crippen LogP contribution in [0.4, 0.5) is 4.39 Å². The highest BCUT2D eigenvalue weighted by atomic mass is 19.1. The topological polar surface area (TPSA) is 77.6 Å². The van der Waals surface area contributed by atoms with Crippen molar-refractivity contribution in [3.63, 3.8) is 0 Å². The van der Waals surface area contributed by atoms with Gasteiger partial charge in [-0.05, 0) is 55.0 Å². The molecule has 4 unspecified atom stereocenters. The quantitative estimate of drug-likeness (QED) is 0.748. The lowest BCUT2D eigenvalue weighted by Crippen LogP contribution is -2.68. The van der Waals surface area contributed by atoms with Crippen LogP contribution in [0.1, 0.15) is 36.8 Å². The third-order valence-electron chi connectivity index (χ3n) is 6.96. The second kappa shape index (κ2) is 8.96. The molecule has 0 bridgehead atoms. The van der Waals surface area contributed by atoms with Crippen molar-refractivity contribution in [3.05, 3.63) is 65.7 Å². The lowest BCUT2D eigenvalue weighted by molar-refractivity contribution is -0.157. The zero-order chi connectivity index (χ0) is 22.1. The first-order valence-electron chi connectivity index (χ1n) is 11.3. The number of hydrogen-bond acceptors (Lipinski definition) is 5. The minimum atomic E-state index is -0.302. The van der Waals surface area contributed by atoms with Crippen LogP contribution in [0.25, 0.3) is 0 Å². The molecule has 1 aromatic heterocycles. The summed E-state index contributed by atoms with van der Waals surface area (Å²) in [6.45, 7) is 1.59. The maximum atomic E-state index is 13.8. The predicted molar refractivity (Wildman–Crippen MR) is 116 cm³/mol. The van der Waals surface area contributed by atoms with Crippen LogP contribution in [-0.4, -0.2) is 51.4 Å². The Bertz CT molecular complexity index is 987. The Morgan fingerprint density at radius 2 is 2.03 bits per heavy atom. The molecule has 1 saturated carbocycles. The molecule has 4 atom stereocenters. The van der Waals surface area contributed by atoms with Gasteiger partial charge < -0.3 is 10.2 Å². The van der Waals surface area contributed by atoms with Crippen LogP contribution in [0.2, 0.25) is 0 Å². The standard InChI is InChI=1S/C24H28FN5O2/c25-19-5-1-3-16(11-19)15-29-22-12-18(23(31)27-14-17-4-2-9-26-13-17)6-7-20(22)30-21(24(29)32)8-10-28-30/h1-5,9,11,13,18,20-22,28H,6-8,10,12,14-15H2,(H,27,31). The molecule has 2 amide bonds. The third kappa shape index (κ3) is 4.12. The number of hydrogen-bond donors (Lipinski definition) is 2. The number of piperazine rings is 1. The third-order valence-corrected chi connectivity index (χ3v) is 6.96. The molecule has 2 N–H and O–H groups in total. The number of halogens is 1. The molecule has 2 aliphatic heterocycles. The van der Waals surface area contributed by atoms with E-state index in [9.17, 15) is 14.0 Å². The Hall–Kier alpha value is -2.84. The highest BCUT2D eigenvalue weighted by molar-refractivity contribution is 5.84. The van der Waals surface area contributed by atoms with Gasteiger partial charge in [0.25, 0.3) is 0 Å². The summed E-state index contributed by atoms with van der Waals surface area (Å²) < 4.78 is 13.8. The molecule has 0 radical (unpaired) electrons. The number of aromatic nitrogens is 1. The van der Waals surface area contributed by atoms with Crippen molar-refractivity contribution in [2.24, 2.45) is 5.92 Å². The number of amides is 2. The van der Waals surface area contributed by atoms with Gasteiger partial charge in [0.05, 0.1) is 0 Å². The Balaban J connectivity index is 1.33. The van der Waals surface area contributed by atoms with Crippen molar-refractivity contribution in [1.29, 1.82) is 0 Å². The molecule has 2 saturated heterocycles. The van der Waals surface area contributed by atoms with Gasteiger partial charge in [0.1, 0.15) is 11.9 Å². The van der Waals surface area contributed by atoms with Gasteiger partial charge in [-0.15, -0.1) is 0 Å². The van der Waals surface area contributed by atoms with E-state index in [1.165, 1.54) is 12.1 Å². The smallest absolute Gasteiger partial charge is 0.242 e. The zero-order valence-electron chi connectivity index (χ0n) is 17.9. The molecule has 3 fully saturated rings. The SMILES string of the molecule is O=C(NCc1cccnc1)C1CCC2C(C1)N(Cc1cccc(F)c1)C(=O)C1CCNN12. The minimum Gasteiger partial charge on any atom is -0.352 e. The van der Waals surface area contributed by atoms with E-state index in [1.54, 1.807) is 18.5 Å². The molecule has 0 spiro atoms. The van der Waals surface area contributed by atoms with E-state index in [-0.39, 0.29) is 41.7 Å². The Morgan fingerprint density at radius 3 is 2.84 bits per heavy atom. The number of nitrogens with one attached hydrogen (secondary N) is 2. The highest BCUT2D eigenvalue weighted by Crippen LogP contribution is 2.38. The Morgan fingerprint density at radius 1 is 1.16 bits per heavy atom. The van der Waals surface area contributed by atoms with Gasteiger partial charge in [0, 0.05) is 50.0 Å². The number of carbonyl (C=O) groups is 2. The number of hydrazine groups is 1. The van der Waals surface area contributed by atoms with Crippen molar-refractivity contribution in [2.75, 3.05) is 6.54 Å². The van der Waals surface area contributed by atoms with E-state index in [2.05, 4.69) is 20.7 Å². The summed E-state index contributed by atoms with van der Waals surface area (Å²) in [6.07, 6.45) is 6.46. The van der Waals surface area contributed by atoms with E-state index in [0.717, 1.165) is 36.9 Å². The summed E-state index contributed by atoms with van der Waals surface area (Å²) >= 11 is 0. The van der Waals surface area contributed by atoms with Crippen LogP contribution in [0.15, 0.2) is 48.8 Å². The predicted octanol–water partition coefficient (Wildman–Crippen LogP) is 2.00. The first-order chi connectivity index (χ1) is 15.6. The number of carbonyl (C=O) groups excluding carboxylic acids is 2. The molecule has 168 valence electrons. The molecule has 8 heteroatoms. The van der Waals surface area contributed by atoms with Gasteiger partial charge in [0.2, 0.25) is 11.8 Å². The average Bonchev–Trinajstić information content (AvgIpc) is 3.31. The van der Waals surface area contributed by atoms with Crippen LogP contribution in [0, 0.1) is 11.7 Å². The van der Waals surface area contributed by atoms with Crippen LogP contribution < -0.4 is 10.7 Å². The van der Waals surface area contributed by atoms with Crippen LogP contribution >= 0.6 is 0 Å². The van der Waals surface area contributed by atoms with E-state index < -0.39 is 0 Å². The van der Waals surface area contributed by atoms with E-state index in [4.69, 9.17) is 0 Å². The molecule has 32 heavy (non-hydrogen) atoms. The fourth-order valence-corrected chi connectivity index (χ4v) is 5.42. The van der Waals surface area contributed by atoms with E-state index >= 15 is 0 Å². The lowest BCUT2D eigenvalue weighted by atomic mass is 9.78. The van der Waals surface area contributed by atoms with Gasteiger partial charge in [-0.25, -0.2) is 9.40 Å². The number of pyridine rings is 1. The number of rotatable bonds is 5. The maximum absolute atomic E-state index is 13.8. The number of fused-ring (bicyclic) bond motifs is 3. The van der Waals surface area contributed by atoms with Crippen molar-refractivity contribution in [3.8, 4) is 0 Å². The lowest BCUT2D eigenvalue weighted by Gasteiger charge is -2.51. The van der Waals surface area contributed by atoms with Crippen LogP contribution in [-0.2, 0) is 22.7 Å². The molecule has 1 aromatic carbocycles. The Labute approximate surface area is 187 Å². The first-order valence-corrected chi connectivity index (χ1v) is 11.3. The van der Waals surface area contributed by atoms with Gasteiger partial charge in [-0.2, -0.15) is 0 Å². The molecular weight excluding hydrogens is 409 g/mol. The molecular formula is C24H28FN5O2. The number of benzene rings is 1. The first kappa shape index (κ1) is 21.0. The molecule has 2 aromatic rings. The molecule has 3 heterocycles. The van der Waals surface area contributed by atoms with Gasteiger partial charge in [0.15, 0.2) is 0 Å². The van der Waals surface area contributed by atoms with Gasteiger partial charge >= 0.3 is 0 Å². The van der Waals surface area contributed by atoms with Gasteiger partial charge in [-0.3, -0.25) is 20.0 Å². The van der Waals surface area contributed by atoms with Crippen LogP contribution in [0.3, 0.4) is 0 Å². The van der Waals surface area contributed by atoms with Crippen molar-refractivity contribution < 1.29 is 14.0 Å². The summed E-state index contributed by atoms with van der Waals surface area (Å²) in [5, 5.41) is 5.16. The maximum Gasteiger partial charge on any atom is 0.242 e. The summed E-state index contributed by atoms with van der Waals surface area (Å²) in [5.41, 5.74) is 5.13. The van der Waals surface area contributed by atoms with Crippen LogP contribution in [0.5, 0.6) is 0 Å².